The molecule has 2 aromatic carbocycles. The highest BCUT2D eigenvalue weighted by atomic mass is 16.6. The van der Waals surface area contributed by atoms with Crippen molar-refractivity contribution in [1.82, 2.24) is 5.32 Å². The van der Waals surface area contributed by atoms with Gasteiger partial charge in [0.2, 0.25) is 0 Å². The number of carbonyl (C=O) groups excluding carboxylic acids is 1. The van der Waals surface area contributed by atoms with Crippen LogP contribution in [0.2, 0.25) is 0 Å². The molecule has 6 heteroatoms. The van der Waals surface area contributed by atoms with Gasteiger partial charge in [0.25, 0.3) is 5.69 Å². The van der Waals surface area contributed by atoms with E-state index in [1.165, 1.54) is 6.07 Å². The molecule has 1 fully saturated rings. The zero-order valence-electron chi connectivity index (χ0n) is 13.5. The summed E-state index contributed by atoms with van der Waals surface area (Å²) in [6.45, 7) is 1.19. The fraction of sp³-hybridized carbons (Fsp3) is 0.263. The molecule has 2 atom stereocenters. The fourth-order valence-electron chi connectivity index (χ4n) is 3.40. The van der Waals surface area contributed by atoms with Gasteiger partial charge in [-0.1, -0.05) is 36.4 Å². The van der Waals surface area contributed by atoms with Crippen molar-refractivity contribution in [3.8, 4) is 6.07 Å². The average molecular weight is 335 g/mol. The molecule has 126 valence electrons. The number of rotatable bonds is 4. The first-order chi connectivity index (χ1) is 12.1. The number of nitro benzene ring substituents is 1. The number of ketones is 1. The summed E-state index contributed by atoms with van der Waals surface area (Å²) < 4.78 is 0. The Morgan fingerprint density at radius 3 is 2.68 bits per heavy atom. The van der Waals surface area contributed by atoms with Crippen molar-refractivity contribution in [2.24, 2.45) is 5.92 Å². The van der Waals surface area contributed by atoms with Crippen LogP contribution >= 0.6 is 0 Å². The highest BCUT2D eigenvalue weighted by Crippen LogP contribution is 2.37. The molecule has 25 heavy (non-hydrogen) atoms. The van der Waals surface area contributed by atoms with E-state index in [9.17, 15) is 14.9 Å². The van der Waals surface area contributed by atoms with Gasteiger partial charge in [-0.25, -0.2) is 0 Å². The highest BCUT2D eigenvalue weighted by Gasteiger charge is 2.36. The van der Waals surface area contributed by atoms with E-state index >= 15 is 0 Å². The van der Waals surface area contributed by atoms with E-state index in [2.05, 4.69) is 5.32 Å². The van der Waals surface area contributed by atoms with Crippen molar-refractivity contribution < 1.29 is 9.72 Å². The Morgan fingerprint density at radius 1 is 1.24 bits per heavy atom. The number of carbonyl (C=O) groups is 1. The standard InChI is InChI=1S/C19H17N3O3/c20-11-13-6-7-15(18(10-13)22(24)25)17-12-21-9-8-16(17)19(23)14-4-2-1-3-5-14/h1-7,10,16-17,21H,8-9,12H2. The van der Waals surface area contributed by atoms with Crippen molar-refractivity contribution in [2.45, 2.75) is 12.3 Å². The van der Waals surface area contributed by atoms with E-state index < -0.39 is 4.92 Å². The van der Waals surface area contributed by atoms with Crippen LogP contribution in [0.5, 0.6) is 0 Å². The molecule has 1 saturated heterocycles. The van der Waals surface area contributed by atoms with Crippen LogP contribution in [-0.4, -0.2) is 23.8 Å². The fourth-order valence-corrected chi connectivity index (χ4v) is 3.40. The minimum atomic E-state index is -0.477. The smallest absolute Gasteiger partial charge is 0.274 e. The molecule has 0 saturated carbocycles. The molecule has 0 aromatic heterocycles. The van der Waals surface area contributed by atoms with Crippen molar-refractivity contribution in [1.29, 1.82) is 5.26 Å². The topological polar surface area (TPSA) is 96.0 Å². The van der Waals surface area contributed by atoms with Crippen molar-refractivity contribution in [3.05, 3.63) is 75.3 Å². The summed E-state index contributed by atoms with van der Waals surface area (Å²) in [6, 6.07) is 15.4. The lowest BCUT2D eigenvalue weighted by Crippen LogP contribution is -2.39. The Kier molecular flexibility index (Phi) is 4.87. The van der Waals surface area contributed by atoms with Gasteiger partial charge in [0, 0.05) is 35.6 Å². The van der Waals surface area contributed by atoms with Crippen molar-refractivity contribution in [3.63, 3.8) is 0 Å². The third-order valence-electron chi connectivity index (χ3n) is 4.63. The maximum absolute atomic E-state index is 12.9. The predicted octanol–water partition coefficient (Wildman–Crippen LogP) is 3.04. The van der Waals surface area contributed by atoms with Gasteiger partial charge >= 0.3 is 0 Å². The molecule has 6 nitrogen and oxygen atoms in total. The van der Waals surface area contributed by atoms with Gasteiger partial charge < -0.3 is 5.32 Å². The van der Waals surface area contributed by atoms with Gasteiger partial charge in [-0.3, -0.25) is 14.9 Å². The Hall–Kier alpha value is -3.04. The molecule has 3 rings (SSSR count). The van der Waals surface area contributed by atoms with Gasteiger partial charge in [0.15, 0.2) is 5.78 Å². The van der Waals surface area contributed by atoms with Crippen LogP contribution in [0.15, 0.2) is 48.5 Å². The number of hydrogen-bond donors (Lipinski definition) is 1. The number of nitrogens with one attached hydrogen (secondary N) is 1. The van der Waals surface area contributed by atoms with Gasteiger partial charge in [-0.05, 0) is 19.0 Å². The third-order valence-corrected chi connectivity index (χ3v) is 4.63. The van der Waals surface area contributed by atoms with E-state index in [4.69, 9.17) is 5.26 Å². The second-order valence-corrected chi connectivity index (χ2v) is 6.08. The largest absolute Gasteiger partial charge is 0.316 e. The van der Waals surface area contributed by atoms with Gasteiger partial charge in [-0.2, -0.15) is 5.26 Å². The van der Waals surface area contributed by atoms with Crippen LogP contribution in [0, 0.1) is 27.4 Å². The molecule has 1 N–H and O–H groups in total. The quantitative estimate of drug-likeness (QED) is 0.526. The van der Waals surface area contributed by atoms with Gasteiger partial charge in [-0.15, -0.1) is 0 Å². The molecule has 2 unspecified atom stereocenters. The number of nitriles is 1. The number of piperidine rings is 1. The third kappa shape index (κ3) is 3.42. The summed E-state index contributed by atoms with van der Waals surface area (Å²) in [4.78, 5) is 23.9. The van der Waals surface area contributed by atoms with Crippen LogP contribution in [0.1, 0.15) is 33.8 Å². The summed E-state index contributed by atoms with van der Waals surface area (Å²) in [6.07, 6.45) is 0.621. The zero-order chi connectivity index (χ0) is 17.8. The molecule has 0 aliphatic carbocycles. The molecule has 0 spiro atoms. The van der Waals surface area contributed by atoms with Crippen LogP contribution in [-0.2, 0) is 0 Å². The minimum absolute atomic E-state index is 0.00533. The summed E-state index contributed by atoms with van der Waals surface area (Å²) in [5.41, 5.74) is 1.27. The lowest BCUT2D eigenvalue weighted by molar-refractivity contribution is -0.385. The van der Waals surface area contributed by atoms with Crippen molar-refractivity contribution >= 4 is 11.5 Å². The first-order valence-corrected chi connectivity index (χ1v) is 8.10. The Labute approximate surface area is 145 Å². The Bertz CT molecular complexity index is 843. The van der Waals surface area contributed by atoms with Gasteiger partial charge in [0.05, 0.1) is 16.6 Å². The lowest BCUT2D eigenvalue weighted by Gasteiger charge is -2.31. The summed E-state index contributed by atoms with van der Waals surface area (Å²) in [5.74, 6) is -0.615. The van der Waals surface area contributed by atoms with Crippen LogP contribution in [0.4, 0.5) is 5.69 Å². The van der Waals surface area contributed by atoms with Gasteiger partial charge in [0.1, 0.15) is 0 Å². The van der Waals surface area contributed by atoms with E-state index in [-0.39, 0.29) is 28.9 Å². The second-order valence-electron chi connectivity index (χ2n) is 6.08. The predicted molar refractivity (Wildman–Crippen MR) is 92.3 cm³/mol. The molecule has 0 amide bonds. The number of benzene rings is 2. The summed E-state index contributed by atoms with van der Waals surface area (Å²) in [5, 5.41) is 23.7. The molecule has 1 heterocycles. The highest BCUT2D eigenvalue weighted by molar-refractivity contribution is 5.98. The number of nitro groups is 1. The molecule has 0 bridgehead atoms. The summed E-state index contributed by atoms with van der Waals surface area (Å²) in [7, 11) is 0. The van der Waals surface area contributed by atoms with Crippen molar-refractivity contribution in [2.75, 3.05) is 13.1 Å². The van der Waals surface area contributed by atoms with Crippen LogP contribution in [0.3, 0.4) is 0 Å². The SMILES string of the molecule is N#Cc1ccc(C2CNCCC2C(=O)c2ccccc2)c([N+](=O)[O-])c1. The molecular formula is C19H17N3O3. The molecule has 1 aliphatic rings. The maximum atomic E-state index is 12.9. The monoisotopic (exact) mass is 335 g/mol. The zero-order valence-corrected chi connectivity index (χ0v) is 13.5. The van der Waals surface area contributed by atoms with E-state index in [0.717, 1.165) is 0 Å². The number of hydrogen-bond acceptors (Lipinski definition) is 5. The first kappa shape index (κ1) is 16.8. The van der Waals surface area contributed by atoms with E-state index in [0.29, 0.717) is 30.6 Å². The molecule has 0 radical (unpaired) electrons. The van der Waals surface area contributed by atoms with E-state index in [1.54, 1.807) is 24.3 Å². The number of nitrogens with zero attached hydrogens (tertiary/aromatic N) is 2. The molecular weight excluding hydrogens is 318 g/mol. The minimum Gasteiger partial charge on any atom is -0.316 e. The van der Waals surface area contributed by atoms with Crippen LogP contribution in [0.25, 0.3) is 0 Å². The Balaban J connectivity index is 2.01. The summed E-state index contributed by atoms with van der Waals surface area (Å²) >= 11 is 0. The number of Topliss-reactive ketones (excluding diaryl/α,β-unsaturated/α-hetero) is 1. The molecule has 2 aromatic rings. The molecule has 1 aliphatic heterocycles. The first-order valence-electron chi connectivity index (χ1n) is 8.10. The maximum Gasteiger partial charge on any atom is 0.274 e. The normalized spacial score (nSPS) is 19.8. The lowest BCUT2D eigenvalue weighted by atomic mass is 9.76. The second kappa shape index (κ2) is 7.24. The van der Waals surface area contributed by atoms with E-state index in [1.807, 2.05) is 24.3 Å². The Morgan fingerprint density at radius 2 is 2.00 bits per heavy atom. The van der Waals surface area contributed by atoms with Crippen LogP contribution < -0.4 is 5.32 Å². The average Bonchev–Trinajstić information content (AvgIpc) is 2.67.